The average Bonchev–Trinajstić information content (AvgIpc) is 3.21. The van der Waals surface area contributed by atoms with E-state index in [1.54, 1.807) is 42.5 Å². The molecule has 2 N–H and O–H groups in total. The van der Waals surface area contributed by atoms with Crippen molar-refractivity contribution in [1.29, 1.82) is 0 Å². The zero-order valence-electron chi connectivity index (χ0n) is 13.6. The second kappa shape index (κ2) is 6.40. The topological polar surface area (TPSA) is 97.0 Å². The van der Waals surface area contributed by atoms with E-state index in [0.717, 1.165) is 4.90 Å². The Kier molecular flexibility index (Phi) is 3.92. The van der Waals surface area contributed by atoms with E-state index in [4.69, 9.17) is 9.47 Å². The number of nitrogens with zero attached hydrogens (tertiary/aromatic N) is 1. The van der Waals surface area contributed by atoms with Crippen LogP contribution in [0.5, 0.6) is 11.5 Å². The number of anilines is 1. The summed E-state index contributed by atoms with van der Waals surface area (Å²) < 4.78 is 10.5. The number of imide groups is 1. The number of carbonyl (C=O) groups is 3. The molecule has 2 aromatic carbocycles. The lowest BCUT2D eigenvalue weighted by atomic mass is 10.1. The molecule has 1 fully saturated rings. The first-order valence-corrected chi connectivity index (χ1v) is 7.98. The Labute approximate surface area is 148 Å². The molecule has 1 saturated heterocycles. The molecule has 2 aromatic rings. The van der Waals surface area contributed by atoms with Gasteiger partial charge in [-0.1, -0.05) is 30.3 Å². The molecular weight excluding hydrogens is 338 g/mol. The van der Waals surface area contributed by atoms with Crippen LogP contribution in [0, 0.1) is 0 Å². The summed E-state index contributed by atoms with van der Waals surface area (Å²) in [4.78, 5) is 37.7. The molecule has 0 spiro atoms. The van der Waals surface area contributed by atoms with Crippen molar-refractivity contribution < 1.29 is 23.9 Å². The van der Waals surface area contributed by atoms with Gasteiger partial charge in [-0.25, -0.2) is 4.79 Å². The molecule has 8 heteroatoms. The van der Waals surface area contributed by atoms with Crippen LogP contribution in [0.3, 0.4) is 0 Å². The Balaban J connectivity index is 1.42. The molecule has 0 bridgehead atoms. The number of urea groups is 1. The Bertz CT molecular complexity index is 884. The van der Waals surface area contributed by atoms with Gasteiger partial charge in [-0.2, -0.15) is 0 Å². The second-order valence-corrected chi connectivity index (χ2v) is 5.83. The zero-order valence-corrected chi connectivity index (χ0v) is 13.6. The maximum atomic E-state index is 12.5. The highest BCUT2D eigenvalue weighted by atomic mass is 16.7. The fourth-order valence-electron chi connectivity index (χ4n) is 2.86. The number of benzene rings is 2. The number of carbonyl (C=O) groups excluding carboxylic acids is 3. The number of ether oxygens (including phenoxy) is 2. The lowest BCUT2D eigenvalue weighted by Crippen LogP contribution is -2.38. The molecular formula is C18H15N3O5. The first kappa shape index (κ1) is 15.9. The molecule has 4 amide bonds. The second-order valence-electron chi connectivity index (χ2n) is 5.83. The molecule has 0 aliphatic carbocycles. The van der Waals surface area contributed by atoms with E-state index >= 15 is 0 Å². The van der Waals surface area contributed by atoms with Crippen molar-refractivity contribution in [3.05, 3.63) is 54.1 Å². The molecule has 2 aliphatic heterocycles. The van der Waals surface area contributed by atoms with Crippen LogP contribution >= 0.6 is 0 Å². The average molecular weight is 353 g/mol. The number of amides is 4. The fourth-order valence-corrected chi connectivity index (χ4v) is 2.86. The molecule has 0 saturated carbocycles. The Morgan fingerprint density at radius 1 is 1.12 bits per heavy atom. The minimum atomic E-state index is -0.776. The number of rotatable bonds is 4. The molecule has 1 atom stereocenters. The number of nitrogens with one attached hydrogen (secondary N) is 2. The third kappa shape index (κ3) is 2.92. The summed E-state index contributed by atoms with van der Waals surface area (Å²) in [5.74, 6) is 0.188. The van der Waals surface area contributed by atoms with Gasteiger partial charge in [0.1, 0.15) is 12.6 Å². The summed E-state index contributed by atoms with van der Waals surface area (Å²) in [6, 6.07) is 12.5. The molecule has 8 nitrogen and oxygen atoms in total. The van der Waals surface area contributed by atoms with Gasteiger partial charge in [0.25, 0.3) is 5.91 Å². The van der Waals surface area contributed by atoms with Crippen LogP contribution in [0.4, 0.5) is 10.5 Å². The van der Waals surface area contributed by atoms with Crippen LogP contribution < -0.4 is 20.1 Å². The third-order valence-corrected chi connectivity index (χ3v) is 4.12. The highest BCUT2D eigenvalue weighted by Crippen LogP contribution is 2.34. The van der Waals surface area contributed by atoms with Crippen LogP contribution in [0.1, 0.15) is 11.6 Å². The summed E-state index contributed by atoms with van der Waals surface area (Å²) in [6.45, 7) is -0.238. The van der Waals surface area contributed by atoms with E-state index in [9.17, 15) is 14.4 Å². The van der Waals surface area contributed by atoms with Crippen LogP contribution in [-0.4, -0.2) is 36.1 Å². The van der Waals surface area contributed by atoms with Gasteiger partial charge in [0.05, 0.1) is 0 Å². The standard InChI is InChI=1S/C18H15N3O5/c22-15(19-12-6-7-13-14(8-12)26-10-25-13)9-21-17(23)16(20-18(21)24)11-4-2-1-3-5-11/h1-8,16H,9-10H2,(H,19,22)(H,20,24). The highest BCUT2D eigenvalue weighted by molar-refractivity contribution is 6.08. The maximum absolute atomic E-state index is 12.5. The maximum Gasteiger partial charge on any atom is 0.325 e. The van der Waals surface area contributed by atoms with Crippen LogP contribution in [0.25, 0.3) is 0 Å². The van der Waals surface area contributed by atoms with Gasteiger partial charge in [0.15, 0.2) is 11.5 Å². The highest BCUT2D eigenvalue weighted by Gasteiger charge is 2.39. The van der Waals surface area contributed by atoms with Crippen LogP contribution in [0.2, 0.25) is 0 Å². The summed E-state index contributed by atoms with van der Waals surface area (Å²) in [6.07, 6.45) is 0. The lowest BCUT2D eigenvalue weighted by molar-refractivity contribution is -0.130. The number of hydrogen-bond acceptors (Lipinski definition) is 5. The van der Waals surface area contributed by atoms with Gasteiger partial charge in [0, 0.05) is 11.8 Å². The number of fused-ring (bicyclic) bond motifs is 1. The summed E-state index contributed by atoms with van der Waals surface area (Å²) in [5.41, 5.74) is 1.16. The van der Waals surface area contributed by atoms with E-state index in [2.05, 4.69) is 10.6 Å². The molecule has 4 rings (SSSR count). The zero-order chi connectivity index (χ0) is 18.1. The predicted molar refractivity (Wildman–Crippen MR) is 90.6 cm³/mol. The first-order chi connectivity index (χ1) is 12.6. The van der Waals surface area contributed by atoms with E-state index in [1.165, 1.54) is 0 Å². The Morgan fingerprint density at radius 2 is 1.88 bits per heavy atom. The molecule has 26 heavy (non-hydrogen) atoms. The lowest BCUT2D eigenvalue weighted by Gasteiger charge is -2.13. The van der Waals surface area contributed by atoms with Crippen LogP contribution in [0.15, 0.2) is 48.5 Å². The van der Waals surface area contributed by atoms with E-state index in [-0.39, 0.29) is 13.3 Å². The van der Waals surface area contributed by atoms with Gasteiger partial charge in [0.2, 0.25) is 12.7 Å². The van der Waals surface area contributed by atoms with Crippen molar-refractivity contribution >= 4 is 23.5 Å². The molecule has 2 aliphatic rings. The third-order valence-electron chi connectivity index (χ3n) is 4.12. The first-order valence-electron chi connectivity index (χ1n) is 7.98. The molecule has 1 unspecified atom stereocenters. The van der Waals surface area contributed by atoms with E-state index < -0.39 is 23.9 Å². The smallest absolute Gasteiger partial charge is 0.325 e. The minimum absolute atomic E-state index is 0.135. The van der Waals surface area contributed by atoms with Gasteiger partial charge in [-0.15, -0.1) is 0 Å². The SMILES string of the molecule is O=C(CN1C(=O)NC(c2ccccc2)C1=O)Nc1ccc2c(c1)OCO2. The summed E-state index contributed by atoms with van der Waals surface area (Å²) >= 11 is 0. The minimum Gasteiger partial charge on any atom is -0.454 e. The van der Waals surface area contributed by atoms with Gasteiger partial charge in [-0.05, 0) is 17.7 Å². The molecule has 0 radical (unpaired) electrons. The van der Waals surface area contributed by atoms with Gasteiger partial charge in [-0.3, -0.25) is 14.5 Å². The van der Waals surface area contributed by atoms with Crippen molar-refractivity contribution in [1.82, 2.24) is 10.2 Å². The normalized spacial score (nSPS) is 18.0. The Morgan fingerprint density at radius 3 is 2.69 bits per heavy atom. The molecule has 132 valence electrons. The largest absolute Gasteiger partial charge is 0.454 e. The molecule has 2 heterocycles. The van der Waals surface area contributed by atoms with Crippen molar-refractivity contribution in [3.63, 3.8) is 0 Å². The fraction of sp³-hybridized carbons (Fsp3) is 0.167. The summed E-state index contributed by atoms with van der Waals surface area (Å²) in [5, 5.41) is 5.24. The number of hydrogen-bond donors (Lipinski definition) is 2. The molecule has 0 aromatic heterocycles. The van der Waals surface area contributed by atoms with Crippen molar-refractivity contribution in [3.8, 4) is 11.5 Å². The van der Waals surface area contributed by atoms with Crippen molar-refractivity contribution in [2.45, 2.75) is 6.04 Å². The predicted octanol–water partition coefficient (Wildman–Crippen LogP) is 1.65. The van der Waals surface area contributed by atoms with Gasteiger partial charge < -0.3 is 20.1 Å². The van der Waals surface area contributed by atoms with E-state index in [1.807, 2.05) is 6.07 Å². The summed E-state index contributed by atoms with van der Waals surface area (Å²) in [7, 11) is 0. The van der Waals surface area contributed by atoms with Crippen molar-refractivity contribution in [2.75, 3.05) is 18.7 Å². The van der Waals surface area contributed by atoms with Crippen molar-refractivity contribution in [2.24, 2.45) is 0 Å². The van der Waals surface area contributed by atoms with Gasteiger partial charge >= 0.3 is 6.03 Å². The van der Waals surface area contributed by atoms with E-state index in [0.29, 0.717) is 22.7 Å². The monoisotopic (exact) mass is 353 g/mol. The van der Waals surface area contributed by atoms with Crippen LogP contribution in [-0.2, 0) is 9.59 Å². The quantitative estimate of drug-likeness (QED) is 0.815. The Hall–Kier alpha value is -3.55.